The van der Waals surface area contributed by atoms with Crippen molar-refractivity contribution in [2.45, 2.75) is 38.4 Å². The zero-order valence-electron chi connectivity index (χ0n) is 20.1. The second kappa shape index (κ2) is 9.50. The summed E-state index contributed by atoms with van der Waals surface area (Å²) >= 11 is 0. The molecule has 1 saturated carbocycles. The number of pyridine rings is 1. The number of amides is 1. The van der Waals surface area contributed by atoms with Crippen LogP contribution in [0.25, 0.3) is 10.8 Å². The molecule has 1 fully saturated rings. The van der Waals surface area contributed by atoms with E-state index in [1.807, 2.05) is 59.4 Å². The zero-order chi connectivity index (χ0) is 25.4. The lowest BCUT2D eigenvalue weighted by Crippen LogP contribution is -2.23. The molecule has 1 aliphatic carbocycles. The van der Waals surface area contributed by atoms with E-state index in [1.165, 1.54) is 12.4 Å². The van der Waals surface area contributed by atoms with E-state index in [0.717, 1.165) is 46.0 Å². The Balaban J connectivity index is 1.14. The number of nitrogens with two attached hydrogens (primary N) is 1. The van der Waals surface area contributed by atoms with Crippen molar-refractivity contribution in [1.29, 1.82) is 0 Å². The fraction of sp³-hybridized carbons (Fsp3) is 0.214. The van der Waals surface area contributed by atoms with Crippen molar-refractivity contribution in [3.05, 3.63) is 107 Å². The molecular weight excluding hydrogens is 469 g/mol. The van der Waals surface area contributed by atoms with Crippen LogP contribution in [0.1, 0.15) is 51.5 Å². The monoisotopic (exact) mass is 495 g/mol. The summed E-state index contributed by atoms with van der Waals surface area (Å²) in [5.74, 6) is 0.374. The molecule has 3 heterocycles. The maximum absolute atomic E-state index is 13.2. The second-order valence-electron chi connectivity index (χ2n) is 9.51. The van der Waals surface area contributed by atoms with Gasteiger partial charge in [0, 0.05) is 30.2 Å². The predicted octanol–water partition coefficient (Wildman–Crippen LogP) is 4.25. The van der Waals surface area contributed by atoms with E-state index in [4.69, 9.17) is 10.8 Å². The Labute approximate surface area is 212 Å². The molecule has 186 valence electrons. The van der Waals surface area contributed by atoms with E-state index < -0.39 is 0 Å². The highest BCUT2D eigenvalue weighted by Gasteiger charge is 2.31. The van der Waals surface area contributed by atoms with Crippen LogP contribution in [0.4, 0.5) is 10.2 Å². The first-order valence-corrected chi connectivity index (χ1v) is 12.3. The molecule has 9 heteroatoms. The summed E-state index contributed by atoms with van der Waals surface area (Å²) in [5, 5.41) is 13.7. The van der Waals surface area contributed by atoms with Crippen molar-refractivity contribution < 1.29 is 9.18 Å². The van der Waals surface area contributed by atoms with E-state index in [2.05, 4.69) is 15.4 Å². The predicted molar refractivity (Wildman–Crippen MR) is 138 cm³/mol. The fourth-order valence-corrected chi connectivity index (χ4v) is 4.54. The first kappa shape index (κ1) is 22.9. The van der Waals surface area contributed by atoms with Crippen LogP contribution in [0.5, 0.6) is 0 Å². The summed E-state index contributed by atoms with van der Waals surface area (Å²) in [6.45, 7) is 1.47. The van der Waals surface area contributed by atoms with E-state index in [9.17, 15) is 9.18 Å². The first-order valence-electron chi connectivity index (χ1n) is 12.3. The van der Waals surface area contributed by atoms with E-state index in [0.29, 0.717) is 36.9 Å². The quantitative estimate of drug-likeness (QED) is 0.335. The summed E-state index contributed by atoms with van der Waals surface area (Å²) in [5.41, 5.74) is 10.5. The summed E-state index contributed by atoms with van der Waals surface area (Å²) < 4.78 is 16.6. The topological polar surface area (TPSA) is 104 Å². The molecule has 2 aromatic carbocycles. The van der Waals surface area contributed by atoms with E-state index in [-0.39, 0.29) is 11.7 Å². The fourth-order valence-electron chi connectivity index (χ4n) is 4.54. The van der Waals surface area contributed by atoms with E-state index in [1.54, 1.807) is 10.9 Å². The SMILES string of the molecule is Nc1nccc2cc(CNC(=O)c3cn(Cc4ccc(Cn5cc(F)cn5)cc4)nc3C3CC3)ccc12. The van der Waals surface area contributed by atoms with E-state index >= 15 is 0 Å². The Morgan fingerprint density at radius 1 is 1.00 bits per heavy atom. The van der Waals surface area contributed by atoms with Crippen LogP contribution in [0, 0.1) is 5.82 Å². The number of hydrogen-bond donors (Lipinski definition) is 2. The molecule has 0 unspecified atom stereocenters. The average Bonchev–Trinajstić information content (AvgIpc) is 3.54. The number of hydrogen-bond acceptors (Lipinski definition) is 5. The summed E-state index contributed by atoms with van der Waals surface area (Å²) in [7, 11) is 0. The number of nitrogens with zero attached hydrogens (tertiary/aromatic N) is 5. The number of halogens is 1. The van der Waals surface area contributed by atoms with Crippen molar-refractivity contribution in [1.82, 2.24) is 29.9 Å². The Kier molecular flexibility index (Phi) is 5.88. The van der Waals surface area contributed by atoms with Gasteiger partial charge in [-0.25, -0.2) is 9.37 Å². The smallest absolute Gasteiger partial charge is 0.255 e. The molecular formula is C28H26FN7O. The third kappa shape index (κ3) is 5.06. The molecule has 3 N–H and O–H groups in total. The molecule has 6 rings (SSSR count). The summed E-state index contributed by atoms with van der Waals surface area (Å²) in [6.07, 6.45) is 8.21. The number of nitrogens with one attached hydrogen (secondary N) is 1. The molecule has 1 amide bonds. The molecule has 0 spiro atoms. The number of fused-ring (bicyclic) bond motifs is 1. The minimum atomic E-state index is -0.346. The van der Waals surface area contributed by atoms with Gasteiger partial charge in [-0.2, -0.15) is 10.2 Å². The van der Waals surface area contributed by atoms with Crippen LogP contribution >= 0.6 is 0 Å². The number of nitrogen functional groups attached to an aromatic ring is 1. The van der Waals surface area contributed by atoms with Crippen molar-refractivity contribution in [3.8, 4) is 0 Å². The number of carbonyl (C=O) groups excluding carboxylic acids is 1. The number of carbonyl (C=O) groups is 1. The minimum Gasteiger partial charge on any atom is -0.383 e. The van der Waals surface area contributed by atoms with Gasteiger partial charge in [0.15, 0.2) is 5.82 Å². The number of benzene rings is 2. The van der Waals surface area contributed by atoms with Crippen LogP contribution in [-0.4, -0.2) is 30.5 Å². The molecule has 5 aromatic rings. The van der Waals surface area contributed by atoms with Gasteiger partial charge in [-0.1, -0.05) is 36.4 Å². The number of aromatic nitrogens is 5. The maximum Gasteiger partial charge on any atom is 0.255 e. The van der Waals surface area contributed by atoms with Crippen molar-refractivity contribution in [2.24, 2.45) is 0 Å². The van der Waals surface area contributed by atoms with Gasteiger partial charge in [-0.3, -0.25) is 14.2 Å². The number of anilines is 1. The molecule has 0 saturated heterocycles. The largest absolute Gasteiger partial charge is 0.383 e. The molecule has 8 nitrogen and oxygen atoms in total. The molecule has 1 aliphatic rings. The maximum atomic E-state index is 13.2. The molecule has 3 aromatic heterocycles. The van der Waals surface area contributed by atoms with Gasteiger partial charge < -0.3 is 11.1 Å². The molecule has 0 radical (unpaired) electrons. The van der Waals surface area contributed by atoms with Gasteiger partial charge in [0.2, 0.25) is 0 Å². The lowest BCUT2D eigenvalue weighted by Gasteiger charge is -2.07. The third-order valence-electron chi connectivity index (χ3n) is 6.63. The normalized spacial score (nSPS) is 13.2. The average molecular weight is 496 g/mol. The van der Waals surface area contributed by atoms with Crippen LogP contribution in [0.3, 0.4) is 0 Å². The second-order valence-corrected chi connectivity index (χ2v) is 9.51. The standard InChI is InChI=1S/C28H26FN7O/c29-23-13-33-35(16-23)14-18-1-3-19(4-2-18)15-36-17-25(26(34-36)21-6-7-21)28(37)32-12-20-5-8-24-22(11-20)9-10-31-27(24)30/h1-5,8-11,13,16-17,21H,6-7,12,14-15H2,(H2,30,31)(H,32,37). The lowest BCUT2D eigenvalue weighted by atomic mass is 10.1. The summed E-state index contributed by atoms with van der Waals surface area (Å²) in [4.78, 5) is 17.3. The Bertz CT molecular complexity index is 1580. The third-order valence-corrected chi connectivity index (χ3v) is 6.63. The van der Waals surface area contributed by atoms with Crippen LogP contribution in [0.15, 0.2) is 73.3 Å². The van der Waals surface area contributed by atoms with Gasteiger partial charge in [0.1, 0.15) is 5.82 Å². The first-order chi connectivity index (χ1) is 18.0. The highest BCUT2D eigenvalue weighted by atomic mass is 19.1. The molecule has 0 aliphatic heterocycles. The Morgan fingerprint density at radius 2 is 1.73 bits per heavy atom. The van der Waals surface area contributed by atoms with Crippen LogP contribution in [-0.2, 0) is 19.6 Å². The molecule has 0 bridgehead atoms. The summed E-state index contributed by atoms with van der Waals surface area (Å²) in [6, 6.07) is 15.9. The van der Waals surface area contributed by atoms with Crippen molar-refractivity contribution >= 4 is 22.5 Å². The highest BCUT2D eigenvalue weighted by Crippen LogP contribution is 2.40. The lowest BCUT2D eigenvalue weighted by molar-refractivity contribution is 0.0950. The van der Waals surface area contributed by atoms with Crippen molar-refractivity contribution in [2.75, 3.05) is 5.73 Å². The van der Waals surface area contributed by atoms with Gasteiger partial charge in [-0.05, 0) is 47.1 Å². The van der Waals surface area contributed by atoms with Gasteiger partial charge in [0.05, 0.1) is 36.7 Å². The van der Waals surface area contributed by atoms with Crippen LogP contribution in [0.2, 0.25) is 0 Å². The number of rotatable bonds is 8. The molecule has 37 heavy (non-hydrogen) atoms. The van der Waals surface area contributed by atoms with Gasteiger partial charge in [0.25, 0.3) is 5.91 Å². The Hall–Kier alpha value is -4.53. The zero-order valence-corrected chi connectivity index (χ0v) is 20.1. The highest BCUT2D eigenvalue weighted by molar-refractivity contribution is 5.95. The molecule has 0 atom stereocenters. The Morgan fingerprint density at radius 3 is 2.43 bits per heavy atom. The van der Waals surface area contributed by atoms with Gasteiger partial charge in [-0.15, -0.1) is 0 Å². The minimum absolute atomic E-state index is 0.121. The van der Waals surface area contributed by atoms with Crippen molar-refractivity contribution in [3.63, 3.8) is 0 Å². The van der Waals surface area contributed by atoms with Crippen LogP contribution < -0.4 is 11.1 Å². The van der Waals surface area contributed by atoms with Gasteiger partial charge >= 0.3 is 0 Å².